The number of hydrogen-bond acceptors (Lipinski definition) is 5. The fourth-order valence-electron chi connectivity index (χ4n) is 2.41. The molecular formula is C16H23ClN2O4. The first-order valence-corrected chi connectivity index (χ1v) is 8.08. The number of nitrogens with one attached hydrogen (secondary N) is 2. The summed E-state index contributed by atoms with van der Waals surface area (Å²) in [6.07, 6.45) is 0.391. The van der Waals surface area contributed by atoms with Crippen LogP contribution in [0.5, 0.6) is 11.5 Å². The molecular weight excluding hydrogens is 320 g/mol. The minimum Gasteiger partial charge on any atom is -0.493 e. The van der Waals surface area contributed by atoms with Crippen LogP contribution in [-0.2, 0) is 16.1 Å². The van der Waals surface area contributed by atoms with Crippen LogP contribution in [0, 0.1) is 0 Å². The van der Waals surface area contributed by atoms with Crippen molar-refractivity contribution in [3.05, 3.63) is 22.7 Å². The normalized spacial score (nSPS) is 17.6. The third kappa shape index (κ3) is 5.27. The van der Waals surface area contributed by atoms with E-state index in [1.54, 1.807) is 13.2 Å². The van der Waals surface area contributed by atoms with E-state index in [0.29, 0.717) is 49.3 Å². The molecule has 0 radical (unpaired) electrons. The second-order valence-electron chi connectivity index (χ2n) is 5.25. The zero-order valence-electron chi connectivity index (χ0n) is 13.5. The van der Waals surface area contributed by atoms with Gasteiger partial charge in [-0.15, -0.1) is 0 Å². The number of morpholine rings is 1. The largest absolute Gasteiger partial charge is 0.493 e. The maximum absolute atomic E-state index is 12.0. The second kappa shape index (κ2) is 8.96. The molecule has 2 rings (SSSR count). The fraction of sp³-hybridized carbons (Fsp3) is 0.562. The predicted octanol–water partition coefficient (Wildman–Crippen LogP) is 1.74. The molecule has 0 bridgehead atoms. The van der Waals surface area contributed by atoms with Gasteiger partial charge in [-0.2, -0.15) is 0 Å². The molecule has 23 heavy (non-hydrogen) atoms. The predicted molar refractivity (Wildman–Crippen MR) is 88.2 cm³/mol. The lowest BCUT2D eigenvalue weighted by molar-refractivity contribution is -0.122. The number of carbonyl (C=O) groups is 1. The smallest absolute Gasteiger partial charge is 0.221 e. The van der Waals surface area contributed by atoms with Crippen LogP contribution >= 0.6 is 11.6 Å². The minimum absolute atomic E-state index is 0.0306. The van der Waals surface area contributed by atoms with Crippen molar-refractivity contribution in [2.24, 2.45) is 0 Å². The lowest BCUT2D eigenvalue weighted by Gasteiger charge is -2.23. The first-order chi connectivity index (χ1) is 11.1. The number of rotatable bonds is 7. The maximum Gasteiger partial charge on any atom is 0.221 e. The fourth-order valence-corrected chi connectivity index (χ4v) is 2.69. The van der Waals surface area contributed by atoms with E-state index in [4.69, 9.17) is 25.8 Å². The first kappa shape index (κ1) is 17.8. The molecule has 0 aromatic heterocycles. The Morgan fingerprint density at radius 1 is 1.52 bits per heavy atom. The molecule has 6 nitrogen and oxygen atoms in total. The average Bonchev–Trinajstić information content (AvgIpc) is 2.56. The third-order valence-corrected chi connectivity index (χ3v) is 3.78. The second-order valence-corrected chi connectivity index (χ2v) is 5.66. The lowest BCUT2D eigenvalue weighted by atomic mass is 10.1. The van der Waals surface area contributed by atoms with Crippen molar-refractivity contribution in [2.45, 2.75) is 25.9 Å². The Bertz CT molecular complexity index is 533. The number of amides is 1. The molecule has 1 saturated heterocycles. The summed E-state index contributed by atoms with van der Waals surface area (Å²) in [6.45, 7) is 4.81. The first-order valence-electron chi connectivity index (χ1n) is 7.71. The highest BCUT2D eigenvalue weighted by molar-refractivity contribution is 6.32. The van der Waals surface area contributed by atoms with E-state index in [2.05, 4.69) is 10.6 Å². The monoisotopic (exact) mass is 342 g/mol. The highest BCUT2D eigenvalue weighted by Gasteiger charge is 2.17. The van der Waals surface area contributed by atoms with Gasteiger partial charge in [-0.25, -0.2) is 0 Å². The van der Waals surface area contributed by atoms with Crippen LogP contribution in [0.3, 0.4) is 0 Å². The summed E-state index contributed by atoms with van der Waals surface area (Å²) in [5.41, 5.74) is 0.858. The van der Waals surface area contributed by atoms with E-state index >= 15 is 0 Å². The van der Waals surface area contributed by atoms with E-state index in [1.165, 1.54) is 0 Å². The van der Waals surface area contributed by atoms with Crippen molar-refractivity contribution in [1.82, 2.24) is 10.6 Å². The van der Waals surface area contributed by atoms with Gasteiger partial charge in [-0.05, 0) is 24.6 Å². The Morgan fingerprint density at radius 3 is 3.00 bits per heavy atom. The summed E-state index contributed by atoms with van der Waals surface area (Å²) < 4.78 is 16.1. The van der Waals surface area contributed by atoms with E-state index in [0.717, 1.165) is 12.1 Å². The Hall–Kier alpha value is -1.50. The highest BCUT2D eigenvalue weighted by Crippen LogP contribution is 2.36. The van der Waals surface area contributed by atoms with Gasteiger partial charge in [0.2, 0.25) is 5.91 Å². The topological polar surface area (TPSA) is 68.8 Å². The number of carbonyl (C=O) groups excluding carboxylic acids is 1. The van der Waals surface area contributed by atoms with Gasteiger partial charge in [0, 0.05) is 25.6 Å². The number of hydrogen-bond donors (Lipinski definition) is 2. The summed E-state index contributed by atoms with van der Waals surface area (Å²) in [7, 11) is 1.56. The molecule has 2 N–H and O–H groups in total. The molecule has 1 unspecified atom stereocenters. The van der Waals surface area contributed by atoms with Gasteiger partial charge in [0.05, 0.1) is 32.0 Å². The molecule has 0 spiro atoms. The molecule has 1 aliphatic rings. The van der Waals surface area contributed by atoms with Crippen LogP contribution in [0.1, 0.15) is 18.9 Å². The zero-order valence-corrected chi connectivity index (χ0v) is 14.2. The molecule has 7 heteroatoms. The van der Waals surface area contributed by atoms with Gasteiger partial charge in [0.15, 0.2) is 11.5 Å². The zero-order chi connectivity index (χ0) is 16.7. The van der Waals surface area contributed by atoms with Crippen LogP contribution in [0.25, 0.3) is 0 Å². The third-order valence-electron chi connectivity index (χ3n) is 3.50. The van der Waals surface area contributed by atoms with E-state index in [1.807, 2.05) is 13.0 Å². The molecule has 128 valence electrons. The molecule has 1 heterocycles. The molecule has 1 fully saturated rings. The molecule has 1 aliphatic heterocycles. The number of methoxy groups -OCH3 is 1. The Morgan fingerprint density at radius 2 is 2.35 bits per heavy atom. The minimum atomic E-state index is -0.0306. The number of halogens is 1. The van der Waals surface area contributed by atoms with Crippen molar-refractivity contribution in [2.75, 3.05) is 33.5 Å². The summed E-state index contributed by atoms with van der Waals surface area (Å²) in [5, 5.41) is 6.61. The molecule has 1 aromatic carbocycles. The molecule has 0 saturated carbocycles. The highest BCUT2D eigenvalue weighted by atomic mass is 35.5. The summed E-state index contributed by atoms with van der Waals surface area (Å²) in [4.78, 5) is 12.0. The van der Waals surface area contributed by atoms with Crippen LogP contribution < -0.4 is 20.1 Å². The summed E-state index contributed by atoms with van der Waals surface area (Å²) >= 11 is 6.22. The average molecular weight is 343 g/mol. The molecule has 1 atom stereocenters. The van der Waals surface area contributed by atoms with E-state index in [-0.39, 0.29) is 11.9 Å². The number of benzene rings is 1. The van der Waals surface area contributed by atoms with Crippen molar-refractivity contribution in [3.63, 3.8) is 0 Å². The van der Waals surface area contributed by atoms with E-state index < -0.39 is 0 Å². The van der Waals surface area contributed by atoms with Gasteiger partial charge in [-0.3, -0.25) is 4.79 Å². The van der Waals surface area contributed by atoms with Crippen LogP contribution in [-0.4, -0.2) is 45.4 Å². The summed E-state index contributed by atoms with van der Waals surface area (Å²) in [6, 6.07) is 3.67. The standard InChI is InChI=1S/C16H23ClN2O4/c1-3-23-16-13(17)6-11(7-14(16)21-2)9-19-15(20)8-12-10-22-5-4-18-12/h6-7,12,18H,3-5,8-10H2,1-2H3,(H,19,20). The van der Waals surface area contributed by atoms with Crippen LogP contribution in [0.15, 0.2) is 12.1 Å². The van der Waals surface area contributed by atoms with Crippen LogP contribution in [0.2, 0.25) is 5.02 Å². The SMILES string of the molecule is CCOc1c(Cl)cc(CNC(=O)CC2COCCN2)cc1OC. The molecule has 1 aromatic rings. The van der Waals surface area contributed by atoms with Gasteiger partial charge < -0.3 is 24.8 Å². The van der Waals surface area contributed by atoms with Crippen molar-refractivity contribution >= 4 is 17.5 Å². The van der Waals surface area contributed by atoms with Crippen LogP contribution in [0.4, 0.5) is 0 Å². The van der Waals surface area contributed by atoms with Gasteiger partial charge in [0.25, 0.3) is 0 Å². The van der Waals surface area contributed by atoms with Crippen molar-refractivity contribution < 1.29 is 19.0 Å². The van der Waals surface area contributed by atoms with Crippen molar-refractivity contribution in [3.8, 4) is 11.5 Å². The lowest BCUT2D eigenvalue weighted by Crippen LogP contribution is -2.44. The Balaban J connectivity index is 1.91. The van der Waals surface area contributed by atoms with Gasteiger partial charge in [0.1, 0.15) is 0 Å². The van der Waals surface area contributed by atoms with Gasteiger partial charge >= 0.3 is 0 Å². The summed E-state index contributed by atoms with van der Waals surface area (Å²) in [5.74, 6) is 1.05. The van der Waals surface area contributed by atoms with Crippen molar-refractivity contribution in [1.29, 1.82) is 0 Å². The Kier molecular flexibility index (Phi) is 6.95. The quantitative estimate of drug-likeness (QED) is 0.790. The van der Waals surface area contributed by atoms with E-state index in [9.17, 15) is 4.79 Å². The maximum atomic E-state index is 12.0. The number of ether oxygens (including phenoxy) is 3. The molecule has 0 aliphatic carbocycles. The van der Waals surface area contributed by atoms with Gasteiger partial charge in [-0.1, -0.05) is 11.6 Å². The Labute approximate surface area is 141 Å². The molecule has 1 amide bonds.